The summed E-state index contributed by atoms with van der Waals surface area (Å²) in [7, 11) is 0. The fourth-order valence-electron chi connectivity index (χ4n) is 4.13. The number of carbonyl (C=O) groups is 3. The molecule has 0 bridgehead atoms. The van der Waals surface area contributed by atoms with Gasteiger partial charge in [-0.15, -0.1) is 0 Å². The van der Waals surface area contributed by atoms with Gasteiger partial charge in [0, 0.05) is 0 Å². The van der Waals surface area contributed by atoms with Crippen LogP contribution < -0.4 is 10.6 Å². The van der Waals surface area contributed by atoms with Crippen LogP contribution in [-0.4, -0.2) is 29.3 Å². The lowest BCUT2D eigenvalue weighted by atomic mass is 9.89. The first kappa shape index (κ1) is 22.1. The molecular weight excluding hydrogens is 447 g/mol. The maximum Gasteiger partial charge on any atom is 0.418 e. The predicted octanol–water partition coefficient (Wildman–Crippen LogP) is 4.25. The number of nitrogens with one attached hydrogen (secondary N) is 2. The lowest BCUT2D eigenvalue weighted by Gasteiger charge is -2.23. The highest BCUT2D eigenvalue weighted by Crippen LogP contribution is 2.38. The van der Waals surface area contributed by atoms with Gasteiger partial charge in [0.1, 0.15) is 12.1 Å². The number of benzene rings is 2. The Morgan fingerprint density at radius 2 is 1.91 bits per heavy atom. The zero-order chi connectivity index (χ0) is 23.3. The normalized spacial score (nSPS) is 20.3. The molecule has 1 atom stereocenters. The second-order valence-corrected chi connectivity index (χ2v) is 8.40. The lowest BCUT2D eigenvalue weighted by Crippen LogP contribution is -2.42. The minimum Gasteiger partial charge on any atom is -0.323 e. The van der Waals surface area contributed by atoms with Gasteiger partial charge in [-0.2, -0.15) is 13.2 Å². The minimum absolute atomic E-state index is 0.312. The van der Waals surface area contributed by atoms with E-state index in [0.29, 0.717) is 10.5 Å². The van der Waals surface area contributed by atoms with Crippen LogP contribution in [0.1, 0.15) is 35.6 Å². The van der Waals surface area contributed by atoms with Gasteiger partial charge in [-0.25, -0.2) is 4.79 Å². The number of alkyl halides is 3. The Labute approximate surface area is 186 Å². The van der Waals surface area contributed by atoms with E-state index < -0.39 is 47.4 Å². The van der Waals surface area contributed by atoms with Gasteiger partial charge >= 0.3 is 12.2 Å². The Morgan fingerprint density at radius 3 is 2.62 bits per heavy atom. The molecule has 2 aromatic carbocycles. The Bertz CT molecular complexity index is 1140. The highest BCUT2D eigenvalue weighted by molar-refractivity contribution is 6.34. The zero-order valence-electron chi connectivity index (χ0n) is 17.0. The van der Waals surface area contributed by atoms with Crippen LogP contribution in [0, 0.1) is 0 Å². The molecule has 168 valence electrons. The van der Waals surface area contributed by atoms with Crippen LogP contribution in [0.2, 0.25) is 5.02 Å². The Hall–Kier alpha value is -3.07. The predicted molar refractivity (Wildman–Crippen MR) is 111 cm³/mol. The summed E-state index contributed by atoms with van der Waals surface area (Å²) in [6, 6.07) is 7.86. The average Bonchev–Trinajstić information content (AvgIpc) is 3.27. The van der Waals surface area contributed by atoms with Crippen molar-refractivity contribution < 1.29 is 27.6 Å². The van der Waals surface area contributed by atoms with Crippen molar-refractivity contribution in [2.75, 3.05) is 11.9 Å². The first-order valence-corrected chi connectivity index (χ1v) is 10.3. The number of amides is 4. The Morgan fingerprint density at radius 1 is 1.19 bits per heavy atom. The molecule has 2 N–H and O–H groups in total. The van der Waals surface area contributed by atoms with E-state index >= 15 is 0 Å². The number of urea groups is 1. The van der Waals surface area contributed by atoms with Gasteiger partial charge in [-0.3, -0.25) is 14.5 Å². The number of anilines is 1. The van der Waals surface area contributed by atoms with Crippen molar-refractivity contribution in [3.05, 3.63) is 63.7 Å². The highest BCUT2D eigenvalue weighted by Gasteiger charge is 2.49. The SMILES string of the molecule is C[C@@]1(c2ccc3c(c2)CCC3)NC(=O)N(CC(=O)Nc2c(Cl)cccc2C(F)(F)F)C1=O. The number of rotatable bonds is 4. The van der Waals surface area contributed by atoms with E-state index in [2.05, 4.69) is 10.6 Å². The van der Waals surface area contributed by atoms with Gasteiger partial charge in [0.2, 0.25) is 5.91 Å². The van der Waals surface area contributed by atoms with E-state index in [1.807, 2.05) is 12.1 Å². The summed E-state index contributed by atoms with van der Waals surface area (Å²) in [5.41, 5.74) is -0.231. The topological polar surface area (TPSA) is 78.5 Å². The van der Waals surface area contributed by atoms with Gasteiger partial charge in [-0.05, 0) is 55.0 Å². The van der Waals surface area contributed by atoms with Crippen molar-refractivity contribution >= 4 is 35.1 Å². The number of hydrogen-bond donors (Lipinski definition) is 2. The van der Waals surface area contributed by atoms with Crippen molar-refractivity contribution in [2.24, 2.45) is 0 Å². The van der Waals surface area contributed by atoms with Gasteiger partial charge in [0.15, 0.2) is 0 Å². The van der Waals surface area contributed by atoms with Crippen LogP contribution in [0.25, 0.3) is 0 Å². The number of para-hydroxylation sites is 1. The van der Waals surface area contributed by atoms with Gasteiger partial charge in [-0.1, -0.05) is 35.9 Å². The maximum absolute atomic E-state index is 13.3. The van der Waals surface area contributed by atoms with Gasteiger partial charge < -0.3 is 10.6 Å². The number of nitrogens with zero attached hydrogens (tertiary/aromatic N) is 1. The van der Waals surface area contributed by atoms with Crippen LogP contribution in [0.5, 0.6) is 0 Å². The Kier molecular flexibility index (Phi) is 5.40. The molecule has 0 saturated carbocycles. The molecule has 4 amide bonds. The number of carbonyl (C=O) groups excluding carboxylic acids is 3. The van der Waals surface area contributed by atoms with Gasteiger partial charge in [0.05, 0.1) is 16.3 Å². The summed E-state index contributed by atoms with van der Waals surface area (Å²) in [5, 5.41) is 4.38. The smallest absolute Gasteiger partial charge is 0.323 e. The molecule has 32 heavy (non-hydrogen) atoms. The standard InChI is InChI=1S/C22H19ClF3N3O3/c1-21(14-9-8-12-4-2-5-13(12)10-14)19(31)29(20(32)28-21)11-17(30)27-18-15(22(24,25)26)6-3-7-16(18)23/h3,6-10H,2,4-5,11H2,1H3,(H,27,30)(H,28,32)/t21-/m0/s1. The molecule has 2 aromatic rings. The fourth-order valence-corrected chi connectivity index (χ4v) is 4.35. The van der Waals surface area contributed by atoms with Crippen molar-refractivity contribution in [3.63, 3.8) is 0 Å². The first-order chi connectivity index (χ1) is 15.0. The summed E-state index contributed by atoms with van der Waals surface area (Å²) in [6.45, 7) is 0.783. The molecule has 1 aliphatic carbocycles. The van der Waals surface area contributed by atoms with E-state index in [-0.39, 0.29) is 5.02 Å². The number of aryl methyl sites for hydroxylation is 2. The summed E-state index contributed by atoms with van der Waals surface area (Å²) in [6.07, 6.45) is -1.89. The van der Waals surface area contributed by atoms with E-state index in [4.69, 9.17) is 11.6 Å². The molecular formula is C22H19ClF3N3O3. The summed E-state index contributed by atoms with van der Waals surface area (Å²) in [5.74, 6) is -1.64. The minimum atomic E-state index is -4.75. The van der Waals surface area contributed by atoms with E-state index in [0.717, 1.165) is 37.0 Å². The maximum atomic E-state index is 13.3. The van der Waals surface area contributed by atoms with Crippen molar-refractivity contribution in [2.45, 2.75) is 37.9 Å². The largest absolute Gasteiger partial charge is 0.418 e. The molecule has 2 aliphatic rings. The van der Waals surface area contributed by atoms with E-state index in [1.54, 1.807) is 6.07 Å². The number of imide groups is 1. The molecule has 0 unspecified atom stereocenters. The van der Waals surface area contributed by atoms with Crippen LogP contribution >= 0.6 is 11.6 Å². The summed E-state index contributed by atoms with van der Waals surface area (Å²) >= 11 is 5.85. The monoisotopic (exact) mass is 465 g/mol. The summed E-state index contributed by atoms with van der Waals surface area (Å²) < 4.78 is 39.8. The van der Waals surface area contributed by atoms with E-state index in [9.17, 15) is 27.6 Å². The third kappa shape index (κ3) is 3.81. The molecule has 0 spiro atoms. The van der Waals surface area contributed by atoms with Gasteiger partial charge in [0.25, 0.3) is 5.91 Å². The molecule has 0 radical (unpaired) electrons. The Balaban J connectivity index is 1.54. The molecule has 1 saturated heterocycles. The van der Waals surface area contributed by atoms with E-state index in [1.165, 1.54) is 18.6 Å². The van der Waals surface area contributed by atoms with Crippen LogP contribution in [0.15, 0.2) is 36.4 Å². The fraction of sp³-hybridized carbons (Fsp3) is 0.318. The number of halogens is 4. The molecule has 0 aromatic heterocycles. The molecule has 1 aliphatic heterocycles. The van der Waals surface area contributed by atoms with Crippen molar-refractivity contribution in [1.82, 2.24) is 10.2 Å². The lowest BCUT2D eigenvalue weighted by molar-refractivity contribution is -0.137. The first-order valence-electron chi connectivity index (χ1n) is 9.92. The third-order valence-electron chi connectivity index (χ3n) is 5.84. The van der Waals surface area contributed by atoms with Crippen LogP contribution in [0.3, 0.4) is 0 Å². The third-order valence-corrected chi connectivity index (χ3v) is 6.15. The second kappa shape index (κ2) is 7.81. The molecule has 10 heteroatoms. The molecule has 6 nitrogen and oxygen atoms in total. The second-order valence-electron chi connectivity index (χ2n) is 7.99. The average molecular weight is 466 g/mol. The molecule has 4 rings (SSSR count). The molecule has 1 heterocycles. The van der Waals surface area contributed by atoms with Crippen molar-refractivity contribution in [1.29, 1.82) is 0 Å². The highest BCUT2D eigenvalue weighted by atomic mass is 35.5. The number of hydrogen-bond acceptors (Lipinski definition) is 3. The van der Waals surface area contributed by atoms with Crippen LogP contribution in [-0.2, 0) is 34.1 Å². The molecule has 1 fully saturated rings. The summed E-state index contributed by atoms with van der Waals surface area (Å²) in [4.78, 5) is 38.7. The van der Waals surface area contributed by atoms with Crippen molar-refractivity contribution in [3.8, 4) is 0 Å². The number of fused-ring (bicyclic) bond motifs is 1. The van der Waals surface area contributed by atoms with Crippen LogP contribution in [0.4, 0.5) is 23.7 Å². The zero-order valence-corrected chi connectivity index (χ0v) is 17.7. The quantitative estimate of drug-likeness (QED) is 0.662.